The lowest BCUT2D eigenvalue weighted by Gasteiger charge is -2.22. The Balaban J connectivity index is 1.59. The van der Waals surface area contributed by atoms with Crippen LogP contribution in [-0.2, 0) is 4.79 Å². The number of rotatable bonds is 4. The smallest absolute Gasteiger partial charge is 0.319 e. The van der Waals surface area contributed by atoms with Crippen molar-refractivity contribution in [1.29, 1.82) is 0 Å². The summed E-state index contributed by atoms with van der Waals surface area (Å²) in [4.78, 5) is 23.7. The fraction of sp³-hybridized carbons (Fsp3) is 0.222. The summed E-state index contributed by atoms with van der Waals surface area (Å²) in [6, 6.07) is 15.6. The molecule has 0 saturated carbocycles. The van der Waals surface area contributed by atoms with E-state index >= 15 is 0 Å². The summed E-state index contributed by atoms with van der Waals surface area (Å²) in [6.07, 6.45) is 1.51. The second kappa shape index (κ2) is 7.50. The Morgan fingerprint density at radius 3 is 2.67 bits per heavy atom. The molecule has 6 heteroatoms. The van der Waals surface area contributed by atoms with Crippen molar-refractivity contribution >= 4 is 17.6 Å². The van der Waals surface area contributed by atoms with Crippen molar-refractivity contribution in [3.8, 4) is 11.5 Å². The van der Waals surface area contributed by atoms with Gasteiger partial charge in [-0.1, -0.05) is 24.3 Å². The fourth-order valence-electron chi connectivity index (χ4n) is 2.50. The lowest BCUT2D eigenvalue weighted by atomic mass is 10.1. The number of anilines is 1. The van der Waals surface area contributed by atoms with Gasteiger partial charge in [-0.15, -0.1) is 0 Å². The molecule has 3 amide bonds. The van der Waals surface area contributed by atoms with E-state index in [9.17, 15) is 9.59 Å². The molecule has 124 valence electrons. The Bertz CT molecular complexity index is 718. The molecule has 0 radical (unpaired) electrons. The van der Waals surface area contributed by atoms with Gasteiger partial charge in [0.15, 0.2) is 0 Å². The molecule has 3 N–H and O–H groups in total. The number of amides is 3. The molecule has 0 aromatic heterocycles. The van der Waals surface area contributed by atoms with Gasteiger partial charge < -0.3 is 20.7 Å². The van der Waals surface area contributed by atoms with Crippen LogP contribution in [0.15, 0.2) is 54.6 Å². The summed E-state index contributed by atoms with van der Waals surface area (Å²) in [6.45, 7) is 0.664. The van der Waals surface area contributed by atoms with E-state index in [4.69, 9.17) is 4.74 Å². The Morgan fingerprint density at radius 1 is 1.08 bits per heavy atom. The SMILES string of the molecule is O=C(Nc1cccc(Oc2ccccc2)c1)N[C@@H]1CCCNC1=O. The minimum Gasteiger partial charge on any atom is -0.457 e. The number of benzene rings is 2. The number of carbonyl (C=O) groups excluding carboxylic acids is 2. The third-order valence-corrected chi connectivity index (χ3v) is 3.66. The average molecular weight is 325 g/mol. The number of piperidine rings is 1. The van der Waals surface area contributed by atoms with Crippen LogP contribution < -0.4 is 20.7 Å². The normalized spacial score (nSPS) is 16.8. The average Bonchev–Trinajstić information content (AvgIpc) is 2.58. The number of hydrogen-bond donors (Lipinski definition) is 3. The van der Waals surface area contributed by atoms with Crippen LogP contribution >= 0.6 is 0 Å². The molecule has 0 aliphatic carbocycles. The third kappa shape index (κ3) is 4.25. The maximum Gasteiger partial charge on any atom is 0.319 e. The molecule has 1 saturated heterocycles. The van der Waals surface area contributed by atoms with Crippen molar-refractivity contribution in [2.45, 2.75) is 18.9 Å². The van der Waals surface area contributed by atoms with Crippen LogP contribution in [0, 0.1) is 0 Å². The Labute approximate surface area is 140 Å². The van der Waals surface area contributed by atoms with Gasteiger partial charge >= 0.3 is 6.03 Å². The summed E-state index contributed by atoms with van der Waals surface area (Å²) in [5.74, 6) is 1.20. The van der Waals surface area contributed by atoms with Crippen molar-refractivity contribution in [2.24, 2.45) is 0 Å². The number of hydrogen-bond acceptors (Lipinski definition) is 3. The zero-order chi connectivity index (χ0) is 16.8. The molecule has 3 rings (SSSR count). The molecule has 1 atom stereocenters. The minimum atomic E-state index is -0.484. The van der Waals surface area contributed by atoms with Gasteiger partial charge in [0, 0.05) is 18.3 Å². The summed E-state index contributed by atoms with van der Waals surface area (Å²) in [5.41, 5.74) is 0.595. The van der Waals surface area contributed by atoms with Gasteiger partial charge in [-0.05, 0) is 37.1 Å². The first-order chi connectivity index (χ1) is 11.7. The molecular formula is C18H19N3O3. The van der Waals surface area contributed by atoms with E-state index in [0.717, 1.165) is 12.2 Å². The molecule has 24 heavy (non-hydrogen) atoms. The Hall–Kier alpha value is -3.02. The molecule has 2 aromatic rings. The lowest BCUT2D eigenvalue weighted by Crippen LogP contribution is -2.51. The van der Waals surface area contributed by atoms with E-state index in [1.807, 2.05) is 36.4 Å². The van der Waals surface area contributed by atoms with E-state index in [0.29, 0.717) is 24.4 Å². The highest BCUT2D eigenvalue weighted by Gasteiger charge is 2.23. The van der Waals surface area contributed by atoms with E-state index in [2.05, 4.69) is 16.0 Å². The topological polar surface area (TPSA) is 79.5 Å². The predicted molar refractivity (Wildman–Crippen MR) is 91.1 cm³/mol. The predicted octanol–water partition coefficient (Wildman–Crippen LogP) is 2.88. The molecule has 0 bridgehead atoms. The number of urea groups is 1. The maximum absolute atomic E-state index is 12.1. The molecule has 2 aromatic carbocycles. The summed E-state index contributed by atoms with van der Waals surface area (Å²) >= 11 is 0. The monoisotopic (exact) mass is 325 g/mol. The van der Waals surface area contributed by atoms with Crippen LogP contribution in [0.25, 0.3) is 0 Å². The van der Waals surface area contributed by atoms with E-state index in [1.165, 1.54) is 0 Å². The molecular weight excluding hydrogens is 306 g/mol. The van der Waals surface area contributed by atoms with Crippen LogP contribution in [-0.4, -0.2) is 24.5 Å². The quantitative estimate of drug-likeness (QED) is 0.808. The molecule has 0 spiro atoms. The highest BCUT2D eigenvalue weighted by Crippen LogP contribution is 2.23. The first-order valence-corrected chi connectivity index (χ1v) is 7.89. The van der Waals surface area contributed by atoms with E-state index in [1.54, 1.807) is 18.2 Å². The van der Waals surface area contributed by atoms with Crippen molar-refractivity contribution in [2.75, 3.05) is 11.9 Å². The fourth-order valence-corrected chi connectivity index (χ4v) is 2.50. The maximum atomic E-state index is 12.1. The minimum absolute atomic E-state index is 0.141. The van der Waals surface area contributed by atoms with Crippen LogP contribution in [0.3, 0.4) is 0 Å². The van der Waals surface area contributed by atoms with Gasteiger partial charge in [-0.3, -0.25) is 4.79 Å². The lowest BCUT2D eigenvalue weighted by molar-refractivity contribution is -0.124. The second-order valence-electron chi connectivity index (χ2n) is 5.53. The highest BCUT2D eigenvalue weighted by molar-refractivity contribution is 5.94. The molecule has 1 aliphatic heterocycles. The van der Waals surface area contributed by atoms with Gasteiger partial charge in [-0.25, -0.2) is 4.79 Å². The molecule has 1 aliphatic rings. The molecule has 1 fully saturated rings. The van der Waals surface area contributed by atoms with Crippen LogP contribution in [0.5, 0.6) is 11.5 Å². The number of nitrogens with one attached hydrogen (secondary N) is 3. The number of para-hydroxylation sites is 1. The zero-order valence-electron chi connectivity index (χ0n) is 13.1. The Kier molecular flexibility index (Phi) is 4.96. The second-order valence-corrected chi connectivity index (χ2v) is 5.53. The van der Waals surface area contributed by atoms with Crippen molar-refractivity contribution in [1.82, 2.24) is 10.6 Å². The van der Waals surface area contributed by atoms with Crippen LogP contribution in [0.4, 0.5) is 10.5 Å². The van der Waals surface area contributed by atoms with E-state index < -0.39 is 12.1 Å². The largest absolute Gasteiger partial charge is 0.457 e. The third-order valence-electron chi connectivity index (χ3n) is 3.66. The summed E-state index contributed by atoms with van der Waals surface area (Å²) < 4.78 is 5.73. The van der Waals surface area contributed by atoms with Gasteiger partial charge in [0.05, 0.1) is 0 Å². The molecule has 6 nitrogen and oxygen atoms in total. The number of carbonyl (C=O) groups is 2. The first kappa shape index (κ1) is 15.9. The molecule has 0 unspecified atom stereocenters. The molecule has 1 heterocycles. The summed E-state index contributed by atoms with van der Waals surface area (Å²) in [7, 11) is 0. The van der Waals surface area contributed by atoms with Gasteiger partial charge in [-0.2, -0.15) is 0 Å². The van der Waals surface area contributed by atoms with Gasteiger partial charge in [0.25, 0.3) is 0 Å². The van der Waals surface area contributed by atoms with Crippen molar-refractivity contribution < 1.29 is 14.3 Å². The standard InChI is InChI=1S/C18H19N3O3/c22-17-16(10-5-11-19-17)21-18(23)20-13-6-4-9-15(12-13)24-14-7-2-1-3-8-14/h1-4,6-9,12,16H,5,10-11H2,(H,19,22)(H2,20,21,23)/t16-/m1/s1. The summed E-state index contributed by atoms with van der Waals surface area (Å²) in [5, 5.41) is 8.15. The van der Waals surface area contributed by atoms with Crippen molar-refractivity contribution in [3.63, 3.8) is 0 Å². The van der Waals surface area contributed by atoms with Gasteiger partial charge in [0.2, 0.25) is 5.91 Å². The van der Waals surface area contributed by atoms with Crippen LogP contribution in [0.2, 0.25) is 0 Å². The Morgan fingerprint density at radius 2 is 1.88 bits per heavy atom. The van der Waals surface area contributed by atoms with Gasteiger partial charge in [0.1, 0.15) is 17.5 Å². The van der Waals surface area contributed by atoms with Crippen molar-refractivity contribution in [3.05, 3.63) is 54.6 Å². The zero-order valence-corrected chi connectivity index (χ0v) is 13.1. The number of ether oxygens (including phenoxy) is 1. The highest BCUT2D eigenvalue weighted by atomic mass is 16.5. The van der Waals surface area contributed by atoms with E-state index in [-0.39, 0.29) is 5.91 Å². The van der Waals surface area contributed by atoms with Crippen LogP contribution in [0.1, 0.15) is 12.8 Å². The first-order valence-electron chi connectivity index (χ1n) is 7.89.